The average molecular weight is 273 g/mol. The Hall–Kier alpha value is -0.880. The molecule has 1 fully saturated rings. The Morgan fingerprint density at radius 1 is 1.11 bits per heavy atom. The van der Waals surface area contributed by atoms with Gasteiger partial charge in [-0.25, -0.2) is 9.59 Å². The minimum absolute atomic E-state index is 0. The molecule has 1 aliphatic rings. The van der Waals surface area contributed by atoms with Gasteiger partial charge in [0.15, 0.2) is 0 Å². The molecule has 1 heterocycles. The molecule has 0 spiro atoms. The molecule has 0 unspecified atom stereocenters. The van der Waals surface area contributed by atoms with Crippen LogP contribution in [0.1, 0.15) is 40.0 Å². The number of aromatic carboxylic acids is 1. The Balaban J connectivity index is 0.00000180. The van der Waals surface area contributed by atoms with Crippen molar-refractivity contribution < 1.29 is 19.5 Å². The first-order valence-corrected chi connectivity index (χ1v) is 5.97. The Labute approximate surface area is 133 Å². The second-order valence-electron chi connectivity index (χ2n) is 4.25. The molecule has 0 bridgehead atoms. The molecule has 1 aromatic rings. The molecule has 0 atom stereocenters. The number of hydrogen-bond acceptors (Lipinski definition) is 4. The Kier molecular flexibility index (Phi) is 6.51. The van der Waals surface area contributed by atoms with E-state index in [1.807, 2.05) is 0 Å². The van der Waals surface area contributed by atoms with Gasteiger partial charge in [0, 0.05) is 13.1 Å². The summed E-state index contributed by atoms with van der Waals surface area (Å²) in [5.41, 5.74) is 0.351. The molecule has 0 aliphatic carbocycles. The predicted octanol–water partition coefficient (Wildman–Crippen LogP) is 1.29. The van der Waals surface area contributed by atoms with Crippen LogP contribution in [0.4, 0.5) is 0 Å². The van der Waals surface area contributed by atoms with Gasteiger partial charge in [-0.15, -0.1) is 5.06 Å². The number of nitrogens with zero attached hydrogens (tertiary/aromatic N) is 1. The summed E-state index contributed by atoms with van der Waals surface area (Å²) < 4.78 is 0. The third kappa shape index (κ3) is 4.62. The third-order valence-electron chi connectivity index (χ3n) is 2.87. The van der Waals surface area contributed by atoms with Crippen molar-refractivity contribution in [2.45, 2.75) is 19.3 Å². The SMILES string of the molecule is O=C(O)c1cccc(C(=O)ON2CCCCC2)c1.[NaH]. The van der Waals surface area contributed by atoms with Crippen LogP contribution in [0.3, 0.4) is 0 Å². The zero-order valence-corrected chi connectivity index (χ0v) is 9.96. The van der Waals surface area contributed by atoms with Crippen molar-refractivity contribution in [3.63, 3.8) is 0 Å². The van der Waals surface area contributed by atoms with Gasteiger partial charge in [0.05, 0.1) is 11.1 Å². The monoisotopic (exact) mass is 273 g/mol. The van der Waals surface area contributed by atoms with Crippen LogP contribution >= 0.6 is 0 Å². The van der Waals surface area contributed by atoms with Gasteiger partial charge in [0.1, 0.15) is 0 Å². The van der Waals surface area contributed by atoms with Crippen LogP contribution in [-0.2, 0) is 4.84 Å². The number of carbonyl (C=O) groups is 2. The molecule has 1 saturated heterocycles. The average Bonchev–Trinajstić information content (AvgIpc) is 2.40. The van der Waals surface area contributed by atoms with Crippen molar-refractivity contribution in [3.8, 4) is 0 Å². The van der Waals surface area contributed by atoms with Gasteiger partial charge in [-0.1, -0.05) is 12.5 Å². The van der Waals surface area contributed by atoms with Crippen molar-refractivity contribution >= 4 is 41.5 Å². The zero-order valence-electron chi connectivity index (χ0n) is 9.96. The van der Waals surface area contributed by atoms with Gasteiger partial charge >= 0.3 is 41.5 Å². The molecule has 1 aliphatic heterocycles. The molecule has 98 valence electrons. The van der Waals surface area contributed by atoms with E-state index in [1.54, 1.807) is 11.1 Å². The summed E-state index contributed by atoms with van der Waals surface area (Å²) in [5.74, 6) is -1.55. The molecule has 0 saturated carbocycles. The zero-order chi connectivity index (χ0) is 13.0. The van der Waals surface area contributed by atoms with Crippen molar-refractivity contribution in [1.29, 1.82) is 0 Å². The van der Waals surface area contributed by atoms with E-state index >= 15 is 0 Å². The molecule has 2 rings (SSSR count). The van der Waals surface area contributed by atoms with Gasteiger partial charge in [0.2, 0.25) is 0 Å². The molecule has 0 aromatic heterocycles. The van der Waals surface area contributed by atoms with Crippen LogP contribution in [0.25, 0.3) is 0 Å². The molecule has 1 N–H and O–H groups in total. The van der Waals surface area contributed by atoms with Crippen LogP contribution in [0.2, 0.25) is 0 Å². The second kappa shape index (κ2) is 7.65. The number of rotatable bonds is 3. The van der Waals surface area contributed by atoms with E-state index in [2.05, 4.69) is 0 Å². The van der Waals surface area contributed by atoms with E-state index in [0.29, 0.717) is 0 Å². The summed E-state index contributed by atoms with van der Waals surface area (Å²) >= 11 is 0. The van der Waals surface area contributed by atoms with E-state index in [4.69, 9.17) is 9.94 Å². The minimum atomic E-state index is -1.05. The molecule has 0 radical (unpaired) electrons. The standard InChI is InChI=1S/C13H15NO4.Na.H/c15-12(16)10-5-4-6-11(9-10)13(17)18-14-7-2-1-3-8-14;;/h4-6,9H,1-3,7-8H2,(H,15,16);;. The number of carboxylic acid groups (broad SMARTS) is 1. The number of carbonyl (C=O) groups excluding carboxylic acids is 1. The number of piperidine rings is 1. The summed E-state index contributed by atoms with van der Waals surface area (Å²) in [7, 11) is 0. The first-order chi connectivity index (χ1) is 8.66. The van der Waals surface area contributed by atoms with Gasteiger partial charge in [0.25, 0.3) is 0 Å². The van der Waals surface area contributed by atoms with Gasteiger partial charge in [-0.05, 0) is 31.0 Å². The normalized spacial score (nSPS) is 15.4. The maximum absolute atomic E-state index is 11.8. The third-order valence-corrected chi connectivity index (χ3v) is 2.87. The summed E-state index contributed by atoms with van der Waals surface area (Å²) in [4.78, 5) is 27.8. The molecule has 19 heavy (non-hydrogen) atoms. The molecule has 5 nitrogen and oxygen atoms in total. The van der Waals surface area contributed by atoms with Gasteiger partial charge < -0.3 is 9.94 Å². The van der Waals surface area contributed by atoms with Crippen molar-refractivity contribution in [2.24, 2.45) is 0 Å². The van der Waals surface area contributed by atoms with E-state index < -0.39 is 11.9 Å². The number of hydrogen-bond donors (Lipinski definition) is 1. The maximum atomic E-state index is 11.8. The van der Waals surface area contributed by atoms with Crippen LogP contribution in [0.5, 0.6) is 0 Å². The molecular formula is C13H16NNaO4. The Morgan fingerprint density at radius 3 is 2.37 bits per heavy atom. The van der Waals surface area contributed by atoms with E-state index in [0.717, 1.165) is 32.4 Å². The topological polar surface area (TPSA) is 66.8 Å². The Bertz CT molecular complexity index is 458. The number of carboxylic acids is 1. The first-order valence-electron chi connectivity index (χ1n) is 5.97. The second-order valence-corrected chi connectivity index (χ2v) is 4.25. The summed E-state index contributed by atoms with van der Waals surface area (Å²) in [6, 6.07) is 5.86. The summed E-state index contributed by atoms with van der Waals surface area (Å²) in [6.07, 6.45) is 3.19. The summed E-state index contributed by atoms with van der Waals surface area (Å²) in [5, 5.41) is 10.5. The number of benzene rings is 1. The summed E-state index contributed by atoms with van der Waals surface area (Å²) in [6.45, 7) is 1.48. The van der Waals surface area contributed by atoms with Gasteiger partial charge in [-0.2, -0.15) is 0 Å². The van der Waals surface area contributed by atoms with Crippen LogP contribution in [0, 0.1) is 0 Å². The van der Waals surface area contributed by atoms with E-state index in [-0.39, 0.29) is 40.7 Å². The fraction of sp³-hybridized carbons (Fsp3) is 0.385. The fourth-order valence-electron chi connectivity index (χ4n) is 1.91. The molecule has 0 amide bonds. The van der Waals surface area contributed by atoms with E-state index in [1.165, 1.54) is 18.2 Å². The Morgan fingerprint density at radius 2 is 1.74 bits per heavy atom. The quantitative estimate of drug-likeness (QED) is 0.841. The molecule has 1 aromatic carbocycles. The fourth-order valence-corrected chi connectivity index (χ4v) is 1.91. The van der Waals surface area contributed by atoms with Crippen LogP contribution < -0.4 is 0 Å². The molecular weight excluding hydrogens is 257 g/mol. The van der Waals surface area contributed by atoms with Crippen molar-refractivity contribution in [1.82, 2.24) is 5.06 Å². The predicted molar refractivity (Wildman–Crippen MR) is 71.4 cm³/mol. The first kappa shape index (κ1) is 16.2. The van der Waals surface area contributed by atoms with Crippen LogP contribution in [-0.4, -0.2) is 64.8 Å². The van der Waals surface area contributed by atoms with Crippen molar-refractivity contribution in [3.05, 3.63) is 35.4 Å². The van der Waals surface area contributed by atoms with Gasteiger partial charge in [-0.3, -0.25) is 0 Å². The number of hydroxylamine groups is 2. The van der Waals surface area contributed by atoms with E-state index in [9.17, 15) is 9.59 Å². The molecule has 6 heteroatoms. The van der Waals surface area contributed by atoms with Crippen molar-refractivity contribution in [2.75, 3.05) is 13.1 Å². The van der Waals surface area contributed by atoms with Crippen LogP contribution in [0.15, 0.2) is 24.3 Å².